The quantitative estimate of drug-likeness (QED) is 0.151. The summed E-state index contributed by atoms with van der Waals surface area (Å²) in [6.07, 6.45) is 0.715. The summed E-state index contributed by atoms with van der Waals surface area (Å²) in [6, 6.07) is 8.69. The van der Waals surface area contributed by atoms with Crippen LogP contribution in [-0.2, 0) is 9.59 Å². The van der Waals surface area contributed by atoms with Gasteiger partial charge in [0.05, 0.1) is 0 Å². The van der Waals surface area contributed by atoms with Gasteiger partial charge < -0.3 is 41.3 Å². The number of amides is 2. The molecule has 4 atom stereocenters. The van der Waals surface area contributed by atoms with E-state index in [-0.39, 0.29) is 0 Å². The summed E-state index contributed by atoms with van der Waals surface area (Å²) >= 11 is 5.53. The van der Waals surface area contributed by atoms with Crippen molar-refractivity contribution in [2.24, 2.45) is 11.8 Å². The van der Waals surface area contributed by atoms with Crippen molar-refractivity contribution in [2.45, 2.75) is 57.7 Å². The van der Waals surface area contributed by atoms with Gasteiger partial charge in [-0.3, -0.25) is 9.59 Å². The van der Waals surface area contributed by atoms with E-state index < -0.39 is 24.0 Å². The molecule has 0 radical (unpaired) electrons. The van der Waals surface area contributed by atoms with Crippen molar-refractivity contribution in [3.8, 4) is 0 Å². The number of carbonyl (C=O) groups excluding carboxylic acids is 2. The van der Waals surface area contributed by atoms with E-state index in [0.717, 1.165) is 76.2 Å². The van der Waals surface area contributed by atoms with Gasteiger partial charge in [0.2, 0.25) is 0 Å². The Morgan fingerprint density at radius 2 is 1.48 bits per heavy atom. The Balaban J connectivity index is 1.23. The molecule has 40 heavy (non-hydrogen) atoms. The van der Waals surface area contributed by atoms with Crippen molar-refractivity contribution in [2.75, 3.05) is 64.7 Å². The molecule has 1 aliphatic carbocycles. The number of nitrogens with zero attached hydrogens (tertiary/aromatic N) is 2. The number of aliphatic hydroxyl groups is 2. The van der Waals surface area contributed by atoms with Crippen LogP contribution in [0.25, 0.3) is 0 Å². The molecule has 2 aliphatic rings. The van der Waals surface area contributed by atoms with Gasteiger partial charge in [-0.15, -0.1) is 0 Å². The molecule has 6 N–H and O–H groups in total. The van der Waals surface area contributed by atoms with E-state index >= 15 is 0 Å². The average Bonchev–Trinajstić information content (AvgIpc) is 3.30. The number of piperazine rings is 1. The third-order valence-electron chi connectivity index (χ3n) is 8.33. The van der Waals surface area contributed by atoms with E-state index in [1.54, 1.807) is 0 Å². The normalized spacial score (nSPS) is 23.3. The molecule has 4 unspecified atom stereocenters. The van der Waals surface area contributed by atoms with Crippen LogP contribution in [0.1, 0.15) is 51.0 Å². The predicted molar refractivity (Wildman–Crippen MR) is 162 cm³/mol. The molecule has 1 aliphatic heterocycles. The topological polar surface area (TPSA) is 129 Å². The van der Waals surface area contributed by atoms with E-state index in [0.29, 0.717) is 17.6 Å². The number of aliphatic hydroxyl groups excluding tert-OH is 2. The molecular formula is C29H48N6O4S. The smallest absolute Gasteiger partial charge is 0.252 e. The fraction of sp³-hybridized carbons (Fsp3) is 0.690. The lowest BCUT2D eigenvalue weighted by molar-refractivity contribution is -0.145. The first-order chi connectivity index (χ1) is 19.2. The van der Waals surface area contributed by atoms with Crippen LogP contribution in [0.4, 0.5) is 5.69 Å². The molecule has 1 aromatic rings. The number of hydrogen-bond acceptors (Lipinski definition) is 7. The van der Waals surface area contributed by atoms with Crippen molar-refractivity contribution >= 4 is 34.8 Å². The van der Waals surface area contributed by atoms with Gasteiger partial charge in [0.15, 0.2) is 17.3 Å². The van der Waals surface area contributed by atoms with Crippen LogP contribution in [0.3, 0.4) is 0 Å². The number of rotatable bonds is 13. The molecular weight excluding hydrogens is 528 g/mol. The molecule has 1 saturated heterocycles. The van der Waals surface area contributed by atoms with Gasteiger partial charge in [-0.1, -0.05) is 26.0 Å². The predicted octanol–water partition coefficient (Wildman–Crippen LogP) is 1.10. The molecule has 2 amide bonds. The molecule has 0 bridgehead atoms. The second-order valence-corrected chi connectivity index (χ2v) is 11.7. The minimum atomic E-state index is -1.77. The number of anilines is 1. The van der Waals surface area contributed by atoms with Crippen LogP contribution in [0.15, 0.2) is 24.3 Å². The fourth-order valence-electron chi connectivity index (χ4n) is 5.57. The zero-order chi connectivity index (χ0) is 29.1. The summed E-state index contributed by atoms with van der Waals surface area (Å²) in [7, 11) is 1.33. The Bertz CT molecular complexity index is 964. The molecule has 3 rings (SSSR count). The second-order valence-electron chi connectivity index (χ2n) is 11.3. The first kappa shape index (κ1) is 32.2. The van der Waals surface area contributed by atoms with Crippen LogP contribution in [0.5, 0.6) is 0 Å². The Morgan fingerprint density at radius 1 is 0.925 bits per heavy atom. The van der Waals surface area contributed by atoms with Crippen LogP contribution < -0.4 is 21.3 Å². The molecule has 1 saturated carbocycles. The number of likely N-dealkylation sites (N-methyl/N-ethyl adjacent to an activating group) is 1. The fourth-order valence-corrected chi connectivity index (χ4v) is 5.79. The number of thiocarbonyl (C=S) groups is 1. The zero-order valence-corrected chi connectivity index (χ0v) is 25.0. The van der Waals surface area contributed by atoms with Crippen LogP contribution in [-0.4, -0.2) is 109 Å². The largest absolute Gasteiger partial charge is 0.380 e. The van der Waals surface area contributed by atoms with Gasteiger partial charge in [-0.05, 0) is 86.4 Å². The third-order valence-corrected chi connectivity index (χ3v) is 8.58. The molecule has 0 spiro atoms. The average molecular weight is 577 g/mol. The van der Waals surface area contributed by atoms with Crippen molar-refractivity contribution in [1.82, 2.24) is 25.8 Å². The summed E-state index contributed by atoms with van der Waals surface area (Å²) in [5, 5.41) is 31.5. The van der Waals surface area contributed by atoms with Crippen molar-refractivity contribution in [3.05, 3.63) is 29.8 Å². The molecule has 11 heteroatoms. The van der Waals surface area contributed by atoms with Gasteiger partial charge in [0.1, 0.15) is 0 Å². The van der Waals surface area contributed by atoms with Crippen LogP contribution >= 0.6 is 12.2 Å². The molecule has 2 fully saturated rings. The van der Waals surface area contributed by atoms with Crippen molar-refractivity contribution < 1.29 is 19.8 Å². The summed E-state index contributed by atoms with van der Waals surface area (Å²) < 4.78 is 0. The summed E-state index contributed by atoms with van der Waals surface area (Å²) in [5.41, 5.74) is 2.46. The number of nitrogens with one attached hydrogen (secondary N) is 4. The molecule has 1 aromatic carbocycles. The van der Waals surface area contributed by atoms with Gasteiger partial charge >= 0.3 is 0 Å². The van der Waals surface area contributed by atoms with E-state index in [4.69, 9.17) is 12.2 Å². The van der Waals surface area contributed by atoms with Crippen LogP contribution in [0, 0.1) is 11.8 Å². The Labute approximate surface area is 244 Å². The minimum absolute atomic E-state index is 0.374. The molecule has 0 aromatic heterocycles. The number of carbonyl (C=O) groups is 2. The van der Waals surface area contributed by atoms with E-state index in [1.165, 1.54) is 25.5 Å². The first-order valence-electron chi connectivity index (χ1n) is 14.6. The number of benzene rings is 1. The highest BCUT2D eigenvalue weighted by atomic mass is 32.1. The maximum absolute atomic E-state index is 11.9. The molecule has 224 valence electrons. The lowest BCUT2D eigenvalue weighted by atomic mass is 9.96. The van der Waals surface area contributed by atoms with Crippen LogP contribution in [0.2, 0.25) is 0 Å². The van der Waals surface area contributed by atoms with Crippen molar-refractivity contribution in [3.63, 3.8) is 0 Å². The monoisotopic (exact) mass is 576 g/mol. The lowest BCUT2D eigenvalue weighted by Crippen LogP contribution is -2.49. The maximum Gasteiger partial charge on any atom is 0.252 e. The Morgan fingerprint density at radius 3 is 2.05 bits per heavy atom. The first-order valence-corrected chi connectivity index (χ1v) is 15.0. The lowest BCUT2D eigenvalue weighted by Gasteiger charge is -2.34. The van der Waals surface area contributed by atoms with Gasteiger partial charge in [-0.25, -0.2) is 0 Å². The highest BCUT2D eigenvalue weighted by Gasteiger charge is 2.30. The summed E-state index contributed by atoms with van der Waals surface area (Å²) in [6.45, 7) is 11.7. The van der Waals surface area contributed by atoms with E-state index in [2.05, 4.69) is 69.2 Å². The Kier molecular flexibility index (Phi) is 13.1. The van der Waals surface area contributed by atoms with E-state index in [9.17, 15) is 19.8 Å². The summed E-state index contributed by atoms with van der Waals surface area (Å²) in [5.74, 6) is 0.676. The Hall–Kier alpha value is -2.31. The third kappa shape index (κ3) is 9.95. The molecule has 10 nitrogen and oxygen atoms in total. The molecule has 1 heterocycles. The summed E-state index contributed by atoms with van der Waals surface area (Å²) in [4.78, 5) is 28.1. The number of hydrogen-bond donors (Lipinski definition) is 6. The highest BCUT2D eigenvalue weighted by molar-refractivity contribution is 7.80. The van der Waals surface area contributed by atoms with Gasteiger partial charge in [0, 0.05) is 52.0 Å². The maximum atomic E-state index is 11.9. The zero-order valence-electron chi connectivity index (χ0n) is 24.2. The van der Waals surface area contributed by atoms with Crippen molar-refractivity contribution in [1.29, 1.82) is 0 Å². The highest BCUT2D eigenvalue weighted by Crippen LogP contribution is 2.42. The standard InChI is InChI=1S/C29H48N6O4S/c1-20-17-23(18-21(20)2)22-7-4-8-24(19-22)33-29(40)32-10-6-12-35-15-13-34(14-16-35)11-5-9-31-28(39)26(37)25(36)27(38)30-3/h4,7-8,19-21,23,25-26,36-37H,5-6,9-18H2,1-3H3,(H,30,38)(H,31,39)(H2,32,33,40). The van der Waals surface area contributed by atoms with Gasteiger partial charge in [-0.2, -0.15) is 0 Å². The van der Waals surface area contributed by atoms with E-state index in [1.807, 2.05) is 0 Å². The minimum Gasteiger partial charge on any atom is -0.380 e. The van der Waals surface area contributed by atoms with Gasteiger partial charge in [0.25, 0.3) is 11.8 Å². The second kappa shape index (κ2) is 16.2. The SMILES string of the molecule is CNC(=O)C(O)C(O)C(=O)NCCCN1CCN(CCCNC(=S)Nc2cccc(C3CC(C)C(C)C3)c2)CC1.